The third-order valence-corrected chi connectivity index (χ3v) is 7.67. The third-order valence-electron chi connectivity index (χ3n) is 5.46. The highest BCUT2D eigenvalue weighted by Gasteiger charge is 2.22. The van der Waals surface area contributed by atoms with Crippen molar-refractivity contribution in [1.29, 1.82) is 0 Å². The van der Waals surface area contributed by atoms with Gasteiger partial charge in [0, 0.05) is 29.9 Å². The molecule has 6 nitrogen and oxygen atoms in total. The molecule has 1 amide bonds. The largest absolute Gasteiger partial charge is 0.337 e. The molecule has 168 valence electrons. The number of carbonyl (C=O) groups excluding carboxylic acids is 1. The van der Waals surface area contributed by atoms with Gasteiger partial charge in [0.2, 0.25) is 0 Å². The molecule has 33 heavy (non-hydrogen) atoms. The van der Waals surface area contributed by atoms with Crippen molar-refractivity contribution in [2.75, 3.05) is 13.1 Å². The second-order valence-corrected chi connectivity index (χ2v) is 10.1. The molecule has 1 aliphatic rings. The van der Waals surface area contributed by atoms with Crippen molar-refractivity contribution in [1.82, 2.24) is 24.6 Å². The molecule has 0 radical (unpaired) electrons. The smallest absolute Gasteiger partial charge is 0.273 e. The fraction of sp³-hybridized carbons (Fsp3) is 0.250. The zero-order chi connectivity index (χ0) is 22.6. The van der Waals surface area contributed by atoms with Crippen LogP contribution in [0.4, 0.5) is 0 Å². The summed E-state index contributed by atoms with van der Waals surface area (Å²) < 4.78 is 2.05. The van der Waals surface area contributed by atoms with Crippen LogP contribution in [0.1, 0.15) is 39.7 Å². The number of carbonyl (C=O) groups is 1. The lowest BCUT2D eigenvalue weighted by atomic mass is 10.1. The molecule has 5 rings (SSSR count). The zero-order valence-electron chi connectivity index (χ0n) is 17.9. The van der Waals surface area contributed by atoms with E-state index >= 15 is 0 Å². The maximum absolute atomic E-state index is 12.6. The van der Waals surface area contributed by atoms with Gasteiger partial charge in [0.25, 0.3) is 5.91 Å². The summed E-state index contributed by atoms with van der Waals surface area (Å²) in [6.07, 6.45) is 2.80. The number of nitrogens with zero attached hydrogens (tertiary/aromatic N) is 5. The average Bonchev–Trinajstić information content (AvgIpc) is 3.59. The van der Waals surface area contributed by atoms with E-state index in [2.05, 4.69) is 27.3 Å². The first-order chi connectivity index (χ1) is 16.2. The van der Waals surface area contributed by atoms with Crippen LogP contribution in [0.3, 0.4) is 0 Å². The summed E-state index contributed by atoms with van der Waals surface area (Å²) in [7, 11) is 0. The SMILES string of the molecule is O=C(c1csc(CSc2nnc(Cc3ccccc3)n2-c2cccc(Cl)c2)n1)N1CCCC1. The minimum atomic E-state index is 0.0345. The normalized spacial score (nSPS) is 13.5. The van der Waals surface area contributed by atoms with Gasteiger partial charge in [-0.05, 0) is 36.6 Å². The van der Waals surface area contributed by atoms with Gasteiger partial charge in [0.1, 0.15) is 16.5 Å². The number of benzene rings is 2. The number of hydrogen-bond donors (Lipinski definition) is 0. The maximum atomic E-state index is 12.6. The van der Waals surface area contributed by atoms with E-state index in [0.717, 1.165) is 53.2 Å². The number of amides is 1. The highest BCUT2D eigenvalue weighted by atomic mass is 35.5. The molecule has 2 aromatic heterocycles. The van der Waals surface area contributed by atoms with Gasteiger partial charge in [0.05, 0.1) is 11.4 Å². The summed E-state index contributed by atoms with van der Waals surface area (Å²) in [5.74, 6) is 1.49. The Morgan fingerprint density at radius 1 is 1.06 bits per heavy atom. The summed E-state index contributed by atoms with van der Waals surface area (Å²) in [4.78, 5) is 19.1. The number of thioether (sulfide) groups is 1. The molecule has 1 saturated heterocycles. The van der Waals surface area contributed by atoms with Crippen LogP contribution in [0.2, 0.25) is 5.02 Å². The molecule has 3 heterocycles. The first-order valence-electron chi connectivity index (χ1n) is 10.8. The Morgan fingerprint density at radius 3 is 2.67 bits per heavy atom. The van der Waals surface area contributed by atoms with Crippen molar-refractivity contribution in [3.05, 3.63) is 87.1 Å². The molecule has 0 saturated carbocycles. The van der Waals surface area contributed by atoms with Crippen molar-refractivity contribution >= 4 is 40.6 Å². The molecule has 0 atom stereocenters. The predicted octanol–water partition coefficient (Wildman–Crippen LogP) is 5.50. The van der Waals surface area contributed by atoms with Crippen LogP contribution in [-0.2, 0) is 12.2 Å². The van der Waals surface area contributed by atoms with E-state index in [1.54, 1.807) is 11.8 Å². The first kappa shape index (κ1) is 22.1. The Kier molecular flexibility index (Phi) is 6.75. The highest BCUT2D eigenvalue weighted by Crippen LogP contribution is 2.28. The Balaban J connectivity index is 1.37. The fourth-order valence-electron chi connectivity index (χ4n) is 3.85. The van der Waals surface area contributed by atoms with Crippen molar-refractivity contribution in [3.8, 4) is 5.69 Å². The van der Waals surface area contributed by atoms with Crippen LogP contribution in [0.5, 0.6) is 0 Å². The van der Waals surface area contributed by atoms with Crippen LogP contribution in [-0.4, -0.2) is 43.6 Å². The molecule has 2 aromatic carbocycles. The Morgan fingerprint density at radius 2 is 1.88 bits per heavy atom. The van der Waals surface area contributed by atoms with Crippen LogP contribution < -0.4 is 0 Å². The van der Waals surface area contributed by atoms with Crippen molar-refractivity contribution in [3.63, 3.8) is 0 Å². The zero-order valence-corrected chi connectivity index (χ0v) is 20.2. The second kappa shape index (κ2) is 10.1. The molecule has 9 heteroatoms. The molecular formula is C24H22ClN5OS2. The summed E-state index contributed by atoms with van der Waals surface area (Å²) in [6.45, 7) is 1.65. The molecule has 0 bridgehead atoms. The van der Waals surface area contributed by atoms with Gasteiger partial charge in [0.15, 0.2) is 5.16 Å². The third kappa shape index (κ3) is 5.13. The van der Waals surface area contributed by atoms with Crippen molar-refractivity contribution < 1.29 is 4.79 Å². The first-order valence-corrected chi connectivity index (χ1v) is 13.0. The van der Waals surface area contributed by atoms with Gasteiger partial charge in [-0.1, -0.05) is 59.8 Å². The molecule has 0 N–H and O–H groups in total. The predicted molar refractivity (Wildman–Crippen MR) is 132 cm³/mol. The van der Waals surface area contributed by atoms with Gasteiger partial charge in [-0.25, -0.2) is 4.98 Å². The van der Waals surface area contributed by atoms with Crippen molar-refractivity contribution in [2.45, 2.75) is 30.2 Å². The fourth-order valence-corrected chi connectivity index (χ4v) is 5.79. The van der Waals surface area contributed by atoms with Crippen LogP contribution in [0, 0.1) is 0 Å². The molecule has 0 spiro atoms. The van der Waals surface area contributed by atoms with Gasteiger partial charge in [-0.2, -0.15) is 0 Å². The monoisotopic (exact) mass is 495 g/mol. The average molecular weight is 496 g/mol. The number of aromatic nitrogens is 4. The van der Waals surface area contributed by atoms with Gasteiger partial charge < -0.3 is 4.90 Å². The van der Waals surface area contributed by atoms with E-state index in [4.69, 9.17) is 11.6 Å². The Hall–Kier alpha value is -2.68. The molecule has 0 aliphatic carbocycles. The lowest BCUT2D eigenvalue weighted by molar-refractivity contribution is 0.0787. The van der Waals surface area contributed by atoms with E-state index in [0.29, 0.717) is 22.9 Å². The van der Waals surface area contributed by atoms with E-state index in [9.17, 15) is 4.79 Å². The number of rotatable bonds is 7. The van der Waals surface area contributed by atoms with E-state index in [1.807, 2.05) is 57.3 Å². The minimum absolute atomic E-state index is 0.0345. The van der Waals surface area contributed by atoms with Crippen LogP contribution in [0.15, 0.2) is 65.1 Å². The summed E-state index contributed by atoms with van der Waals surface area (Å²) in [5.41, 5.74) is 2.62. The van der Waals surface area contributed by atoms with E-state index in [1.165, 1.54) is 11.3 Å². The highest BCUT2D eigenvalue weighted by molar-refractivity contribution is 7.98. The summed E-state index contributed by atoms with van der Waals surface area (Å²) in [5, 5.41) is 13.1. The van der Waals surface area contributed by atoms with E-state index in [-0.39, 0.29) is 5.91 Å². The van der Waals surface area contributed by atoms with Crippen LogP contribution in [0.25, 0.3) is 5.69 Å². The molecule has 0 unspecified atom stereocenters. The Labute approximate surface area is 205 Å². The van der Waals surface area contributed by atoms with Crippen molar-refractivity contribution in [2.24, 2.45) is 0 Å². The lowest BCUT2D eigenvalue weighted by Gasteiger charge is -2.12. The molecule has 1 fully saturated rings. The molecule has 1 aliphatic heterocycles. The van der Waals surface area contributed by atoms with Gasteiger partial charge in [-0.15, -0.1) is 21.5 Å². The maximum Gasteiger partial charge on any atom is 0.273 e. The minimum Gasteiger partial charge on any atom is -0.337 e. The quantitative estimate of drug-likeness (QED) is 0.317. The van der Waals surface area contributed by atoms with Crippen LogP contribution >= 0.6 is 34.7 Å². The standard InChI is InChI=1S/C24H22ClN5OS2/c25-18-9-6-10-19(14-18)30-21(13-17-7-2-1-3-8-17)27-28-24(30)33-16-22-26-20(15-32-22)23(31)29-11-4-5-12-29/h1-3,6-10,14-15H,4-5,11-13,16H2. The van der Waals surface area contributed by atoms with Gasteiger partial charge in [-0.3, -0.25) is 9.36 Å². The second-order valence-electron chi connectivity index (χ2n) is 7.79. The molecular weight excluding hydrogens is 474 g/mol. The number of likely N-dealkylation sites (tertiary alicyclic amines) is 1. The number of halogens is 1. The summed E-state index contributed by atoms with van der Waals surface area (Å²) in [6, 6.07) is 17.9. The summed E-state index contributed by atoms with van der Waals surface area (Å²) >= 11 is 9.35. The Bertz CT molecular complexity index is 1250. The van der Waals surface area contributed by atoms with Gasteiger partial charge >= 0.3 is 0 Å². The topological polar surface area (TPSA) is 63.9 Å². The lowest BCUT2D eigenvalue weighted by Crippen LogP contribution is -2.27. The van der Waals surface area contributed by atoms with E-state index < -0.39 is 0 Å². The number of thiazole rings is 1. The number of hydrogen-bond acceptors (Lipinski definition) is 6. The molecule has 4 aromatic rings.